The minimum Gasteiger partial charge on any atom is -0.308 e. The maximum atomic E-state index is 5.61. The van der Waals surface area contributed by atoms with Crippen molar-refractivity contribution in [1.29, 1.82) is 0 Å². The molecule has 4 aromatic heterocycles. The summed E-state index contributed by atoms with van der Waals surface area (Å²) in [4.78, 5) is 11.2. The first-order valence-electron chi connectivity index (χ1n) is 21.4. The summed E-state index contributed by atoms with van der Waals surface area (Å²) in [7, 11) is 0. The van der Waals surface area contributed by atoms with E-state index in [-0.39, 0.29) is 0 Å². The van der Waals surface area contributed by atoms with Crippen LogP contribution in [-0.4, -0.2) is 19.1 Å². The van der Waals surface area contributed by atoms with Crippen LogP contribution in [0.15, 0.2) is 206 Å². The van der Waals surface area contributed by atoms with Crippen molar-refractivity contribution in [2.75, 3.05) is 0 Å². The van der Waals surface area contributed by atoms with Gasteiger partial charge in [-0.2, -0.15) is 0 Å². The van der Waals surface area contributed by atoms with Gasteiger partial charge in [-0.25, -0.2) is 9.97 Å². The lowest BCUT2D eigenvalue weighted by Crippen LogP contribution is -2.04. The van der Waals surface area contributed by atoms with Crippen molar-refractivity contribution < 1.29 is 0 Å². The molecule has 0 N–H and O–H groups in total. The zero-order valence-electron chi connectivity index (χ0n) is 33.8. The number of hydrogen-bond acceptors (Lipinski definition) is 3. The van der Waals surface area contributed by atoms with Crippen LogP contribution < -0.4 is 0 Å². The molecule has 14 aromatic rings. The van der Waals surface area contributed by atoms with Crippen LogP contribution in [0.3, 0.4) is 0 Å². The van der Waals surface area contributed by atoms with E-state index >= 15 is 0 Å². The molecule has 0 atom stereocenters. The second kappa shape index (κ2) is 13.2. The van der Waals surface area contributed by atoms with Crippen molar-refractivity contribution >= 4 is 108 Å². The molecule has 63 heavy (non-hydrogen) atoms. The lowest BCUT2D eigenvalue weighted by molar-refractivity contribution is 1.02. The van der Waals surface area contributed by atoms with E-state index in [1.807, 2.05) is 11.3 Å². The van der Waals surface area contributed by atoms with Crippen LogP contribution in [0.2, 0.25) is 0 Å². The van der Waals surface area contributed by atoms with E-state index in [9.17, 15) is 0 Å². The summed E-state index contributed by atoms with van der Waals surface area (Å²) in [6.45, 7) is 0. The molecule has 0 bridgehead atoms. The largest absolute Gasteiger partial charge is 0.308 e. The Morgan fingerprint density at radius 1 is 0.317 bits per heavy atom. The molecule has 10 aromatic carbocycles. The Balaban J connectivity index is 1.09. The third-order valence-corrected chi connectivity index (χ3v) is 14.4. The number of benzene rings is 10. The molecule has 0 fully saturated rings. The van der Waals surface area contributed by atoms with Crippen LogP contribution in [0.1, 0.15) is 0 Å². The molecule has 292 valence electrons. The van der Waals surface area contributed by atoms with Gasteiger partial charge in [0.25, 0.3) is 0 Å². The van der Waals surface area contributed by atoms with Crippen molar-refractivity contribution in [1.82, 2.24) is 19.1 Å². The Morgan fingerprint density at radius 3 is 1.52 bits per heavy atom. The maximum absolute atomic E-state index is 5.61. The van der Waals surface area contributed by atoms with Crippen LogP contribution in [0, 0.1) is 0 Å². The predicted molar refractivity (Wildman–Crippen MR) is 267 cm³/mol. The van der Waals surface area contributed by atoms with Gasteiger partial charge in [0.05, 0.1) is 43.7 Å². The molecule has 0 aliphatic rings. The van der Waals surface area contributed by atoms with E-state index in [4.69, 9.17) is 9.97 Å². The number of rotatable bonds is 4. The highest BCUT2D eigenvalue weighted by Crippen LogP contribution is 2.47. The SMILES string of the molecule is c1ccc(-c2cccc3c2sc2c(-n4c5ccccc5c5c6c7ccccc7n(-c7nc(-c8ccccc8)c8c9ccccc9c9ccccc9c8n7)c6ccc54)cccc23)cc1. The standard InChI is InChI=1S/C58H34N4S/c1-3-17-35(18-4-1)37-27-15-28-42-43-29-16-32-50(57(43)63-56(37)42)61-46-30-13-11-25-44(46)51-48(61)33-34-49-52(51)45-26-12-14-31-47(45)62(49)58-59-54(36-19-5-2-6-20-36)53-40-23-9-7-21-38(40)39-22-8-10-24-41(39)55(53)60-58/h1-34H. The van der Waals surface area contributed by atoms with Crippen LogP contribution in [-0.2, 0) is 0 Å². The average Bonchev–Trinajstić information content (AvgIpc) is 4.02. The molecule has 0 aliphatic carbocycles. The van der Waals surface area contributed by atoms with E-state index in [0.717, 1.165) is 44.0 Å². The van der Waals surface area contributed by atoms with Crippen molar-refractivity contribution in [3.63, 3.8) is 0 Å². The van der Waals surface area contributed by atoms with Gasteiger partial charge in [-0.3, -0.25) is 4.57 Å². The van der Waals surface area contributed by atoms with Crippen molar-refractivity contribution in [3.05, 3.63) is 206 Å². The fourth-order valence-electron chi connectivity index (χ4n) is 10.5. The first kappa shape index (κ1) is 34.6. The van der Waals surface area contributed by atoms with Gasteiger partial charge in [-0.15, -0.1) is 11.3 Å². The molecule has 0 saturated heterocycles. The van der Waals surface area contributed by atoms with E-state index in [0.29, 0.717) is 5.95 Å². The molecular formula is C58H34N4S. The van der Waals surface area contributed by atoms with Gasteiger partial charge < -0.3 is 4.57 Å². The van der Waals surface area contributed by atoms with Crippen LogP contribution in [0.4, 0.5) is 0 Å². The van der Waals surface area contributed by atoms with Gasteiger partial charge in [0, 0.05) is 53.4 Å². The molecule has 5 heteroatoms. The molecule has 0 radical (unpaired) electrons. The summed E-state index contributed by atoms with van der Waals surface area (Å²) >= 11 is 1.89. The molecule has 0 spiro atoms. The highest BCUT2D eigenvalue weighted by Gasteiger charge is 2.25. The molecule has 0 aliphatic heterocycles. The fourth-order valence-corrected chi connectivity index (χ4v) is 11.8. The Bertz CT molecular complexity index is 4200. The van der Waals surface area contributed by atoms with Crippen molar-refractivity contribution in [3.8, 4) is 34.0 Å². The molecule has 4 nitrogen and oxygen atoms in total. The maximum Gasteiger partial charge on any atom is 0.235 e. The monoisotopic (exact) mass is 818 g/mol. The minimum atomic E-state index is 0.653. The van der Waals surface area contributed by atoms with Crippen molar-refractivity contribution in [2.24, 2.45) is 0 Å². The molecule has 0 unspecified atom stereocenters. The summed E-state index contributed by atoms with van der Waals surface area (Å²) < 4.78 is 7.37. The second-order valence-electron chi connectivity index (χ2n) is 16.4. The number of para-hydroxylation sites is 2. The number of aromatic nitrogens is 4. The Morgan fingerprint density at radius 2 is 0.825 bits per heavy atom. The molecule has 4 heterocycles. The molecule has 0 amide bonds. The summed E-state index contributed by atoms with van der Waals surface area (Å²) in [6, 6.07) is 74.5. The van der Waals surface area contributed by atoms with Gasteiger partial charge in [0.1, 0.15) is 0 Å². The van der Waals surface area contributed by atoms with E-state index in [1.54, 1.807) is 0 Å². The van der Waals surface area contributed by atoms with E-state index in [2.05, 4.69) is 215 Å². The van der Waals surface area contributed by atoms with E-state index < -0.39 is 0 Å². The van der Waals surface area contributed by atoms with Crippen LogP contribution in [0.5, 0.6) is 0 Å². The summed E-state index contributed by atoms with van der Waals surface area (Å²) in [5, 5.41) is 13.1. The molecular weight excluding hydrogens is 785 g/mol. The zero-order chi connectivity index (χ0) is 41.2. The highest BCUT2D eigenvalue weighted by molar-refractivity contribution is 7.26. The van der Waals surface area contributed by atoms with Gasteiger partial charge >= 0.3 is 0 Å². The second-order valence-corrected chi connectivity index (χ2v) is 17.4. The average molecular weight is 819 g/mol. The van der Waals surface area contributed by atoms with Crippen molar-refractivity contribution in [2.45, 2.75) is 0 Å². The number of fused-ring (bicyclic) bond motifs is 16. The Kier molecular flexibility index (Phi) is 7.24. The number of nitrogens with zero attached hydrogens (tertiary/aromatic N) is 4. The van der Waals surface area contributed by atoms with Gasteiger partial charge in [0.2, 0.25) is 5.95 Å². The third-order valence-electron chi connectivity index (χ3n) is 13.1. The first-order valence-corrected chi connectivity index (χ1v) is 22.2. The van der Waals surface area contributed by atoms with E-state index in [1.165, 1.54) is 80.3 Å². The highest BCUT2D eigenvalue weighted by atomic mass is 32.1. The predicted octanol–water partition coefficient (Wildman–Crippen LogP) is 15.8. The molecule has 14 rings (SSSR count). The topological polar surface area (TPSA) is 35.6 Å². The first-order chi connectivity index (χ1) is 31.3. The smallest absolute Gasteiger partial charge is 0.235 e. The van der Waals surface area contributed by atoms with Crippen LogP contribution >= 0.6 is 11.3 Å². The quantitative estimate of drug-likeness (QED) is 0.166. The van der Waals surface area contributed by atoms with Gasteiger partial charge in [-0.05, 0) is 57.6 Å². The van der Waals surface area contributed by atoms with Gasteiger partial charge in [-0.1, -0.05) is 176 Å². The summed E-state index contributed by atoms with van der Waals surface area (Å²) in [5.74, 6) is 0.653. The lowest BCUT2D eigenvalue weighted by atomic mass is 9.94. The number of thiophene rings is 1. The molecule has 0 saturated carbocycles. The fraction of sp³-hybridized carbons (Fsp3) is 0. The van der Waals surface area contributed by atoms with Crippen LogP contribution in [0.25, 0.3) is 130 Å². The van der Waals surface area contributed by atoms with Gasteiger partial charge in [0.15, 0.2) is 0 Å². The Labute approximate surface area is 365 Å². The minimum absolute atomic E-state index is 0.653. The summed E-state index contributed by atoms with van der Waals surface area (Å²) in [5.41, 5.74) is 11.1. The summed E-state index contributed by atoms with van der Waals surface area (Å²) in [6.07, 6.45) is 0. The zero-order valence-corrected chi connectivity index (χ0v) is 34.6. The normalized spacial score (nSPS) is 12.1. The lowest BCUT2D eigenvalue weighted by Gasteiger charge is -2.16. The third kappa shape index (κ3) is 4.85. The Hall–Kier alpha value is -8.12. The number of hydrogen-bond donors (Lipinski definition) is 0.